The number of carbonyl (C=O) groups excluding carboxylic acids is 1. The minimum Gasteiger partial charge on any atom is -0.392 e. The molecule has 7 heteroatoms. The number of ether oxygens (including phenoxy) is 1. The van der Waals surface area contributed by atoms with E-state index in [1.54, 1.807) is 0 Å². The molecule has 2 aromatic carbocycles. The van der Waals surface area contributed by atoms with Gasteiger partial charge in [0.1, 0.15) is 6.61 Å². The van der Waals surface area contributed by atoms with Gasteiger partial charge in [-0.1, -0.05) is 67.1 Å². The number of hydrogen-bond donors (Lipinski definition) is 0. The van der Waals surface area contributed by atoms with Gasteiger partial charge in [-0.3, -0.25) is 9.69 Å². The first-order valence-electron chi connectivity index (χ1n) is 15.5. The second-order valence-corrected chi connectivity index (χ2v) is 12.8. The first-order valence-corrected chi connectivity index (χ1v) is 15.5. The van der Waals surface area contributed by atoms with Gasteiger partial charge in [-0.2, -0.15) is 0 Å². The number of benzene rings is 2. The van der Waals surface area contributed by atoms with Crippen LogP contribution in [0.15, 0.2) is 54.6 Å². The van der Waals surface area contributed by atoms with Crippen LogP contribution in [0.4, 0.5) is 0 Å². The highest BCUT2D eigenvalue weighted by molar-refractivity contribution is 5.96. The first-order chi connectivity index (χ1) is 20.2. The Labute approximate surface area is 251 Å². The number of rotatable bonds is 9. The van der Waals surface area contributed by atoms with Crippen LogP contribution < -0.4 is 4.84 Å². The van der Waals surface area contributed by atoms with Gasteiger partial charge >= 0.3 is 0 Å². The summed E-state index contributed by atoms with van der Waals surface area (Å²) < 4.78 is 5.71. The van der Waals surface area contributed by atoms with E-state index in [0.717, 1.165) is 56.9 Å². The predicted molar refractivity (Wildman–Crippen MR) is 167 cm³/mol. The number of aryl methyl sites for hydroxylation is 2. The van der Waals surface area contributed by atoms with Crippen LogP contribution >= 0.6 is 0 Å². The second-order valence-electron chi connectivity index (χ2n) is 12.8. The smallest absolute Gasteiger partial charge is 0.257 e. The molecule has 2 unspecified atom stereocenters. The van der Waals surface area contributed by atoms with Gasteiger partial charge in [0.25, 0.3) is 5.91 Å². The van der Waals surface area contributed by atoms with Crippen molar-refractivity contribution >= 4 is 5.91 Å². The van der Waals surface area contributed by atoms with Crippen molar-refractivity contribution in [3.63, 3.8) is 0 Å². The van der Waals surface area contributed by atoms with E-state index in [4.69, 9.17) is 9.57 Å². The third-order valence-corrected chi connectivity index (χ3v) is 9.89. The van der Waals surface area contributed by atoms with Crippen LogP contribution in [-0.2, 0) is 11.3 Å². The molecule has 2 aliphatic rings. The van der Waals surface area contributed by atoms with Gasteiger partial charge in [-0.25, -0.2) is 0 Å². The number of piperidine rings is 2. The minimum absolute atomic E-state index is 0.0641. The van der Waals surface area contributed by atoms with Gasteiger partial charge in [0.2, 0.25) is 0 Å². The van der Waals surface area contributed by atoms with Gasteiger partial charge in [-0.05, 0) is 76.5 Å². The molecule has 0 spiro atoms. The summed E-state index contributed by atoms with van der Waals surface area (Å²) in [5.41, 5.74) is 6.00. The Morgan fingerprint density at radius 2 is 1.71 bits per heavy atom. The van der Waals surface area contributed by atoms with Crippen LogP contribution in [0.3, 0.4) is 0 Å². The Morgan fingerprint density at radius 3 is 2.36 bits per heavy atom. The summed E-state index contributed by atoms with van der Waals surface area (Å²) in [4.78, 5) is 25.9. The summed E-state index contributed by atoms with van der Waals surface area (Å²) in [7, 11) is 1.82. The first kappa shape index (κ1) is 30.3. The molecule has 0 N–H and O–H groups in total. The molecule has 2 aliphatic heterocycles. The maximum atomic E-state index is 13.7. The number of hydrogen-bond acceptors (Lipinski definition) is 5. The van der Waals surface area contributed by atoms with Gasteiger partial charge < -0.3 is 14.5 Å². The van der Waals surface area contributed by atoms with Crippen molar-refractivity contribution in [2.45, 2.75) is 71.9 Å². The topological polar surface area (TPSA) is 59.8 Å². The Kier molecular flexibility index (Phi) is 9.38. The third-order valence-electron chi connectivity index (χ3n) is 9.89. The molecule has 0 aliphatic carbocycles. The Morgan fingerprint density at radius 1 is 1.02 bits per heavy atom. The minimum atomic E-state index is 0.0641. The van der Waals surface area contributed by atoms with E-state index >= 15 is 0 Å². The van der Waals surface area contributed by atoms with E-state index in [1.807, 2.05) is 56.2 Å². The van der Waals surface area contributed by atoms with E-state index in [-0.39, 0.29) is 11.4 Å². The van der Waals surface area contributed by atoms with Crippen molar-refractivity contribution in [1.29, 1.82) is 0 Å². The lowest BCUT2D eigenvalue weighted by atomic mass is 9.73. The molecule has 226 valence electrons. The number of amides is 1. The average molecular weight is 573 g/mol. The van der Waals surface area contributed by atoms with Crippen molar-refractivity contribution in [2.75, 3.05) is 39.9 Å². The molecule has 1 aromatic heterocycles. The highest BCUT2D eigenvalue weighted by Gasteiger charge is 2.42. The van der Waals surface area contributed by atoms with E-state index in [2.05, 4.69) is 55.0 Å². The average Bonchev–Trinajstić information content (AvgIpc) is 3.28. The largest absolute Gasteiger partial charge is 0.392 e. The maximum absolute atomic E-state index is 13.7. The van der Waals surface area contributed by atoms with Gasteiger partial charge in [-0.15, -0.1) is 9.94 Å². The normalized spacial score (nSPS) is 21.7. The van der Waals surface area contributed by atoms with Crippen molar-refractivity contribution in [2.24, 2.45) is 11.8 Å². The van der Waals surface area contributed by atoms with Crippen LogP contribution in [0.5, 0.6) is 0 Å². The summed E-state index contributed by atoms with van der Waals surface area (Å²) in [6, 6.07) is 19.0. The SMILES string of the molecule is COC[C@@H](c1ccc(C)cc1)C1CCN(C2(C)CCN(C(=O)c3c(C)nn(OCc4ccccc4)c3C)CC2)CC1C. The van der Waals surface area contributed by atoms with Crippen molar-refractivity contribution in [3.05, 3.63) is 88.2 Å². The fourth-order valence-corrected chi connectivity index (χ4v) is 7.14. The molecule has 42 heavy (non-hydrogen) atoms. The highest BCUT2D eigenvalue weighted by Crippen LogP contribution is 2.40. The molecule has 2 saturated heterocycles. The number of aromatic nitrogens is 2. The van der Waals surface area contributed by atoms with Gasteiger partial charge in [0, 0.05) is 38.2 Å². The summed E-state index contributed by atoms with van der Waals surface area (Å²) in [6.07, 6.45) is 3.13. The van der Waals surface area contributed by atoms with Crippen LogP contribution in [0.25, 0.3) is 0 Å². The number of likely N-dealkylation sites (tertiary alicyclic amines) is 2. The maximum Gasteiger partial charge on any atom is 0.257 e. The van der Waals surface area contributed by atoms with Crippen LogP contribution in [0.1, 0.15) is 77.5 Å². The zero-order valence-corrected chi connectivity index (χ0v) is 26.3. The van der Waals surface area contributed by atoms with E-state index < -0.39 is 0 Å². The molecule has 3 atom stereocenters. The molecular weight excluding hydrogens is 524 g/mol. The lowest BCUT2D eigenvalue weighted by Gasteiger charge is -2.51. The van der Waals surface area contributed by atoms with Crippen molar-refractivity contribution < 1.29 is 14.4 Å². The number of methoxy groups -OCH3 is 1. The van der Waals surface area contributed by atoms with Crippen molar-refractivity contribution in [3.8, 4) is 0 Å². The molecule has 0 saturated carbocycles. The lowest BCUT2D eigenvalue weighted by molar-refractivity contribution is -0.0146. The van der Waals surface area contributed by atoms with Crippen LogP contribution in [-0.4, -0.2) is 71.1 Å². The molecule has 3 heterocycles. The van der Waals surface area contributed by atoms with Gasteiger partial charge in [0.05, 0.1) is 23.6 Å². The zero-order chi connectivity index (χ0) is 29.9. The summed E-state index contributed by atoms with van der Waals surface area (Å²) in [6.45, 7) is 15.7. The monoisotopic (exact) mass is 572 g/mol. The summed E-state index contributed by atoms with van der Waals surface area (Å²) in [5.74, 6) is 1.66. The molecule has 2 fully saturated rings. The molecule has 5 rings (SSSR count). The fourth-order valence-electron chi connectivity index (χ4n) is 7.14. The summed E-state index contributed by atoms with van der Waals surface area (Å²) in [5, 5.41) is 4.54. The Bertz CT molecular complexity index is 1330. The molecule has 0 bridgehead atoms. The third kappa shape index (κ3) is 6.42. The second kappa shape index (κ2) is 13.0. The van der Waals surface area contributed by atoms with Crippen molar-refractivity contribution in [1.82, 2.24) is 19.7 Å². The Balaban J connectivity index is 1.19. The molecule has 3 aromatic rings. The Hall–Kier alpha value is -3.16. The zero-order valence-electron chi connectivity index (χ0n) is 26.3. The van der Waals surface area contributed by atoms with E-state index in [9.17, 15) is 4.79 Å². The fraction of sp³-hybridized carbons (Fsp3) is 0.543. The molecule has 7 nitrogen and oxygen atoms in total. The number of nitrogens with zero attached hydrogens (tertiary/aromatic N) is 4. The van der Waals surface area contributed by atoms with Crippen LogP contribution in [0, 0.1) is 32.6 Å². The van der Waals surface area contributed by atoms with E-state index in [0.29, 0.717) is 35.6 Å². The summed E-state index contributed by atoms with van der Waals surface area (Å²) >= 11 is 0. The molecule has 1 amide bonds. The lowest BCUT2D eigenvalue weighted by Crippen LogP contribution is -2.58. The highest BCUT2D eigenvalue weighted by atomic mass is 16.7. The van der Waals surface area contributed by atoms with Gasteiger partial charge in [0.15, 0.2) is 0 Å². The molecular formula is C35H48N4O3. The predicted octanol–water partition coefficient (Wildman–Crippen LogP) is 5.82. The van der Waals surface area contributed by atoms with Crippen LogP contribution in [0.2, 0.25) is 0 Å². The molecule has 0 radical (unpaired) electrons. The van der Waals surface area contributed by atoms with E-state index in [1.165, 1.54) is 22.4 Å². The number of carbonyl (C=O) groups is 1. The quantitative estimate of drug-likeness (QED) is 0.323. The standard InChI is InChI=1S/C35H48N4O3/c1-25-12-14-30(15-13-25)32(24-41-6)31-16-19-38(22-26(31)2)35(5)17-20-37(21-18-35)34(40)33-27(3)36-39(28(33)4)42-23-29-10-8-7-9-11-29/h7-15,26,31-32H,16-24H2,1-6H3/t26?,31?,32-/m0/s1.